The average Bonchev–Trinajstić information content (AvgIpc) is 2.86. The van der Waals surface area contributed by atoms with Crippen molar-refractivity contribution in [3.05, 3.63) is 95.6 Å². The van der Waals surface area contributed by atoms with Crippen molar-refractivity contribution in [1.82, 2.24) is 4.90 Å². The Balaban J connectivity index is 1.88. The van der Waals surface area contributed by atoms with Gasteiger partial charge in [-0.05, 0) is 65.4 Å². The third kappa shape index (κ3) is 6.78. The van der Waals surface area contributed by atoms with Crippen molar-refractivity contribution in [3.8, 4) is 11.5 Å². The number of rotatable bonds is 10. The summed E-state index contributed by atoms with van der Waals surface area (Å²) in [6.45, 7) is 2.90. The number of likely N-dealkylation sites (N-methyl/N-ethyl adjacent to an activating group) is 1. The quantitative estimate of drug-likeness (QED) is 0.268. The lowest BCUT2D eigenvalue weighted by atomic mass is 9.88. The van der Waals surface area contributed by atoms with Crippen molar-refractivity contribution in [2.75, 3.05) is 32.7 Å². The largest absolute Gasteiger partial charge is 0.508 e. The number of amides is 1. The molecule has 0 aliphatic carbocycles. The summed E-state index contributed by atoms with van der Waals surface area (Å²) in [5.41, 5.74) is 5.30. The van der Waals surface area contributed by atoms with Gasteiger partial charge in [-0.3, -0.25) is 0 Å². The number of hydrogen-bond donors (Lipinski definition) is 1. The highest BCUT2D eigenvalue weighted by Crippen LogP contribution is 2.35. The Morgan fingerprint density at radius 2 is 1.53 bits per heavy atom. The first-order valence-electron chi connectivity index (χ1n) is 11.3. The van der Waals surface area contributed by atoms with E-state index in [9.17, 15) is 9.90 Å². The van der Waals surface area contributed by atoms with Gasteiger partial charge in [0, 0.05) is 12.9 Å². The van der Waals surface area contributed by atoms with Crippen LogP contribution in [0.4, 0.5) is 4.79 Å². The molecule has 0 radical (unpaired) electrons. The topological polar surface area (TPSA) is 59.0 Å². The van der Waals surface area contributed by atoms with Crippen molar-refractivity contribution in [2.24, 2.45) is 0 Å². The summed E-state index contributed by atoms with van der Waals surface area (Å²) in [6, 6.07) is 25.3. The lowest BCUT2D eigenvalue weighted by Gasteiger charge is -2.18. The summed E-state index contributed by atoms with van der Waals surface area (Å²) >= 11 is 6.21. The molecule has 1 amide bonds. The maximum absolute atomic E-state index is 11.7. The van der Waals surface area contributed by atoms with Crippen LogP contribution in [-0.2, 0) is 4.74 Å². The molecule has 0 saturated carbocycles. The maximum Gasteiger partial charge on any atom is 0.409 e. The van der Waals surface area contributed by atoms with Gasteiger partial charge in [-0.2, -0.15) is 0 Å². The molecule has 3 aromatic carbocycles. The predicted molar refractivity (Wildman–Crippen MR) is 137 cm³/mol. The molecular weight excluding hydrogens is 450 g/mol. The first-order chi connectivity index (χ1) is 16.5. The number of ether oxygens (including phenoxy) is 2. The summed E-state index contributed by atoms with van der Waals surface area (Å²) in [5, 5.41) is 9.80. The molecule has 1 N–H and O–H groups in total. The molecular formula is C28H30ClNO4. The Hall–Kier alpha value is -3.44. The van der Waals surface area contributed by atoms with Gasteiger partial charge in [0.2, 0.25) is 0 Å². The third-order valence-corrected chi connectivity index (χ3v) is 5.53. The minimum absolute atomic E-state index is 0.221. The Kier molecular flexibility index (Phi) is 9.41. The van der Waals surface area contributed by atoms with E-state index in [1.807, 2.05) is 54.6 Å². The summed E-state index contributed by atoms with van der Waals surface area (Å²) in [7, 11) is 1.68. The zero-order chi connectivity index (χ0) is 24.3. The summed E-state index contributed by atoms with van der Waals surface area (Å²) < 4.78 is 10.8. The molecule has 3 aromatic rings. The molecule has 0 heterocycles. The normalized spacial score (nSPS) is 11.5. The molecule has 0 unspecified atom stereocenters. The highest BCUT2D eigenvalue weighted by atomic mass is 35.5. The van der Waals surface area contributed by atoms with Gasteiger partial charge < -0.3 is 19.5 Å². The molecule has 0 bridgehead atoms. The second kappa shape index (κ2) is 12.7. The van der Waals surface area contributed by atoms with E-state index in [2.05, 4.69) is 12.1 Å². The highest BCUT2D eigenvalue weighted by molar-refractivity contribution is 6.18. The Bertz CT molecular complexity index is 1080. The van der Waals surface area contributed by atoms with E-state index in [1.54, 1.807) is 26.1 Å². The van der Waals surface area contributed by atoms with Gasteiger partial charge in [-0.25, -0.2) is 4.79 Å². The maximum atomic E-state index is 11.7. The number of carbonyl (C=O) groups excluding carboxylic acids is 1. The predicted octanol–water partition coefficient (Wildman–Crippen LogP) is 6.45. The fraction of sp³-hybridized carbons (Fsp3) is 0.250. The van der Waals surface area contributed by atoms with E-state index in [0.717, 1.165) is 27.8 Å². The average molecular weight is 480 g/mol. The molecule has 0 atom stereocenters. The Morgan fingerprint density at radius 1 is 0.912 bits per heavy atom. The van der Waals surface area contributed by atoms with E-state index >= 15 is 0 Å². The monoisotopic (exact) mass is 479 g/mol. The first kappa shape index (κ1) is 25.2. The van der Waals surface area contributed by atoms with Crippen molar-refractivity contribution in [3.63, 3.8) is 0 Å². The Labute approximate surface area is 206 Å². The molecule has 0 spiro atoms. The van der Waals surface area contributed by atoms with Gasteiger partial charge in [0.25, 0.3) is 0 Å². The summed E-state index contributed by atoms with van der Waals surface area (Å²) in [4.78, 5) is 13.2. The SMILES string of the molecule is CCOC(=O)N(C)CCOc1ccc(C(=C(CCCl)c2ccccc2)c2ccc(O)cc2)cc1. The molecule has 0 fully saturated rings. The second-order valence-corrected chi connectivity index (χ2v) is 8.08. The number of allylic oxidation sites excluding steroid dienone is 1. The van der Waals surface area contributed by atoms with Crippen molar-refractivity contribution < 1.29 is 19.4 Å². The molecule has 178 valence electrons. The number of phenolic OH excluding ortho intramolecular Hbond substituents is 1. The molecule has 6 heteroatoms. The number of halogens is 1. The lowest BCUT2D eigenvalue weighted by Crippen LogP contribution is -2.31. The molecule has 0 saturated heterocycles. The van der Waals surface area contributed by atoms with Crippen LogP contribution in [0.15, 0.2) is 78.9 Å². The van der Waals surface area contributed by atoms with Crippen LogP contribution >= 0.6 is 11.6 Å². The number of phenols is 1. The fourth-order valence-electron chi connectivity index (χ4n) is 3.63. The van der Waals surface area contributed by atoms with Crippen LogP contribution in [0, 0.1) is 0 Å². The lowest BCUT2D eigenvalue weighted by molar-refractivity contribution is 0.110. The van der Waals surface area contributed by atoms with Crippen LogP contribution in [0.5, 0.6) is 11.5 Å². The summed E-state index contributed by atoms with van der Waals surface area (Å²) in [6.07, 6.45) is 0.332. The van der Waals surface area contributed by atoms with Gasteiger partial charge in [-0.1, -0.05) is 54.6 Å². The van der Waals surface area contributed by atoms with Crippen LogP contribution in [-0.4, -0.2) is 48.8 Å². The zero-order valence-corrected chi connectivity index (χ0v) is 20.3. The van der Waals surface area contributed by atoms with E-state index in [1.165, 1.54) is 4.90 Å². The number of nitrogens with zero attached hydrogens (tertiary/aromatic N) is 1. The molecule has 0 aliphatic rings. The number of hydrogen-bond acceptors (Lipinski definition) is 4. The van der Waals surface area contributed by atoms with Gasteiger partial charge >= 0.3 is 6.09 Å². The van der Waals surface area contributed by atoms with E-state index in [0.29, 0.717) is 37.8 Å². The molecule has 0 aromatic heterocycles. The number of aromatic hydroxyl groups is 1. The smallest absolute Gasteiger partial charge is 0.409 e. The highest BCUT2D eigenvalue weighted by Gasteiger charge is 2.15. The zero-order valence-electron chi connectivity index (χ0n) is 19.5. The van der Waals surface area contributed by atoms with Gasteiger partial charge in [-0.15, -0.1) is 11.6 Å². The van der Waals surface area contributed by atoms with Crippen LogP contribution in [0.25, 0.3) is 11.1 Å². The molecule has 0 aliphatic heterocycles. The number of carbonyl (C=O) groups is 1. The van der Waals surface area contributed by atoms with Crippen molar-refractivity contribution in [2.45, 2.75) is 13.3 Å². The van der Waals surface area contributed by atoms with Crippen LogP contribution in [0.2, 0.25) is 0 Å². The molecule has 5 nitrogen and oxygen atoms in total. The Morgan fingerprint density at radius 3 is 2.12 bits per heavy atom. The van der Waals surface area contributed by atoms with Gasteiger partial charge in [0.15, 0.2) is 0 Å². The van der Waals surface area contributed by atoms with Gasteiger partial charge in [0.1, 0.15) is 18.1 Å². The molecule has 34 heavy (non-hydrogen) atoms. The minimum Gasteiger partial charge on any atom is -0.508 e. The standard InChI is InChI=1S/C28H30ClNO4/c1-3-33-28(32)30(2)19-20-34-25-15-11-23(12-16-25)27(22-9-13-24(31)14-10-22)26(17-18-29)21-7-5-4-6-8-21/h4-16,31H,3,17-20H2,1-2H3. The van der Waals surface area contributed by atoms with Crippen LogP contribution < -0.4 is 4.74 Å². The summed E-state index contributed by atoms with van der Waals surface area (Å²) in [5.74, 6) is 1.42. The first-order valence-corrected chi connectivity index (χ1v) is 11.8. The van der Waals surface area contributed by atoms with Crippen molar-refractivity contribution >= 4 is 28.8 Å². The van der Waals surface area contributed by atoms with Crippen LogP contribution in [0.3, 0.4) is 0 Å². The van der Waals surface area contributed by atoms with Gasteiger partial charge in [0.05, 0.1) is 13.2 Å². The fourth-order valence-corrected chi connectivity index (χ4v) is 3.82. The van der Waals surface area contributed by atoms with E-state index in [4.69, 9.17) is 21.1 Å². The third-order valence-electron chi connectivity index (χ3n) is 5.34. The van der Waals surface area contributed by atoms with E-state index < -0.39 is 0 Å². The minimum atomic E-state index is -0.363. The number of benzene rings is 3. The number of alkyl halides is 1. The molecule has 3 rings (SSSR count). The van der Waals surface area contributed by atoms with E-state index in [-0.39, 0.29) is 11.8 Å². The second-order valence-electron chi connectivity index (χ2n) is 7.70. The van der Waals surface area contributed by atoms with Crippen LogP contribution in [0.1, 0.15) is 30.0 Å². The van der Waals surface area contributed by atoms with Crippen molar-refractivity contribution in [1.29, 1.82) is 0 Å².